The van der Waals surface area contributed by atoms with Gasteiger partial charge in [0.2, 0.25) is 0 Å². The number of nitrogens with zero attached hydrogens (tertiary/aromatic N) is 3. The molecule has 2 amide bonds. The Morgan fingerprint density at radius 3 is 2.29 bits per heavy atom. The van der Waals surface area contributed by atoms with Crippen molar-refractivity contribution < 1.29 is 23.7 Å². The number of carboxylic acids is 1. The van der Waals surface area contributed by atoms with Crippen LogP contribution in [-0.4, -0.2) is 54.9 Å². The van der Waals surface area contributed by atoms with Crippen LogP contribution in [0.3, 0.4) is 0 Å². The molecule has 1 aromatic heterocycles. The lowest BCUT2D eigenvalue weighted by molar-refractivity contribution is 0.0695. The number of halogens is 1. The van der Waals surface area contributed by atoms with Crippen LogP contribution >= 0.6 is 11.6 Å². The lowest BCUT2D eigenvalue weighted by Gasteiger charge is -2.21. The number of carbonyl (C=O) groups is 3. The summed E-state index contributed by atoms with van der Waals surface area (Å²) in [7, 11) is -1.87. The molecular weight excluding hydrogens is 576 g/mol. The number of fused-ring (bicyclic) bond motifs is 1. The van der Waals surface area contributed by atoms with Gasteiger partial charge in [-0.3, -0.25) is 14.3 Å². The lowest BCUT2D eigenvalue weighted by Crippen LogP contribution is -2.33. The molecule has 0 fully saturated rings. The average Bonchev–Trinajstić information content (AvgIpc) is 3.29. The molecule has 1 atom stereocenters. The van der Waals surface area contributed by atoms with Gasteiger partial charge in [0.15, 0.2) is 16.7 Å². The summed E-state index contributed by atoms with van der Waals surface area (Å²) in [4.78, 5) is 40.8. The quantitative estimate of drug-likeness (QED) is 0.198. The molecule has 0 saturated heterocycles. The lowest BCUT2D eigenvalue weighted by atomic mass is 10.1. The van der Waals surface area contributed by atoms with Crippen molar-refractivity contribution in [1.29, 1.82) is 0 Å². The highest BCUT2D eigenvalue weighted by atomic mass is 35.5. The Bertz CT molecular complexity index is 1660. The molecule has 0 spiro atoms. The SMILES string of the molecule is CCCCN(CCCC)C(=O)c1nn(-c2ccc(C(=O)NS(=O)c3ccc4ccccc4c3)cc2C(=O)O)c(C)c1Cl. The number of amides is 2. The Labute approximate surface area is 252 Å². The van der Waals surface area contributed by atoms with Gasteiger partial charge in [0.1, 0.15) is 0 Å². The van der Waals surface area contributed by atoms with Crippen molar-refractivity contribution in [3.63, 3.8) is 0 Å². The number of aromatic nitrogens is 2. The molecule has 220 valence electrons. The highest BCUT2D eigenvalue weighted by Crippen LogP contribution is 2.27. The molecule has 42 heavy (non-hydrogen) atoms. The fourth-order valence-electron chi connectivity index (χ4n) is 4.54. The van der Waals surface area contributed by atoms with Crippen LogP contribution in [0.4, 0.5) is 0 Å². The first-order valence-corrected chi connectivity index (χ1v) is 15.3. The largest absolute Gasteiger partial charge is 0.478 e. The van der Waals surface area contributed by atoms with Gasteiger partial charge in [-0.2, -0.15) is 5.10 Å². The zero-order chi connectivity index (χ0) is 30.4. The summed E-state index contributed by atoms with van der Waals surface area (Å²) < 4.78 is 16.7. The summed E-state index contributed by atoms with van der Waals surface area (Å²) in [5.41, 5.74) is 0.354. The monoisotopic (exact) mass is 608 g/mol. The van der Waals surface area contributed by atoms with Crippen molar-refractivity contribution in [2.75, 3.05) is 13.1 Å². The van der Waals surface area contributed by atoms with E-state index in [0.717, 1.165) is 36.5 Å². The van der Waals surface area contributed by atoms with Crippen LogP contribution < -0.4 is 4.72 Å². The van der Waals surface area contributed by atoms with E-state index in [1.54, 1.807) is 24.0 Å². The first-order valence-electron chi connectivity index (χ1n) is 13.8. The van der Waals surface area contributed by atoms with Gasteiger partial charge >= 0.3 is 5.97 Å². The van der Waals surface area contributed by atoms with Crippen LogP contribution in [0, 0.1) is 6.92 Å². The molecule has 11 heteroatoms. The van der Waals surface area contributed by atoms with Crippen molar-refractivity contribution in [3.05, 3.63) is 88.2 Å². The first kappa shape index (κ1) is 30.9. The van der Waals surface area contributed by atoms with Crippen LogP contribution in [0.15, 0.2) is 65.6 Å². The summed E-state index contributed by atoms with van der Waals surface area (Å²) in [6.45, 7) is 6.89. The second-order valence-corrected chi connectivity index (χ2v) is 11.5. The molecule has 0 saturated carbocycles. The Balaban J connectivity index is 1.61. The summed E-state index contributed by atoms with van der Waals surface area (Å²) in [5, 5.41) is 16.4. The Morgan fingerprint density at radius 2 is 1.64 bits per heavy atom. The maximum atomic E-state index is 13.4. The van der Waals surface area contributed by atoms with E-state index in [2.05, 4.69) is 9.82 Å². The zero-order valence-electron chi connectivity index (χ0n) is 23.7. The normalized spacial score (nSPS) is 11.8. The topological polar surface area (TPSA) is 122 Å². The third kappa shape index (κ3) is 6.71. The van der Waals surface area contributed by atoms with Crippen molar-refractivity contribution in [2.24, 2.45) is 0 Å². The third-order valence-electron chi connectivity index (χ3n) is 6.93. The van der Waals surface area contributed by atoms with Crippen LogP contribution in [0.1, 0.15) is 76.4 Å². The minimum atomic E-state index is -1.87. The Morgan fingerprint density at radius 1 is 0.976 bits per heavy atom. The van der Waals surface area contributed by atoms with E-state index in [9.17, 15) is 23.7 Å². The molecule has 1 heterocycles. The van der Waals surface area contributed by atoms with Gasteiger partial charge in [-0.05, 0) is 60.9 Å². The second kappa shape index (κ2) is 13.8. The smallest absolute Gasteiger partial charge is 0.337 e. The predicted octanol–water partition coefficient (Wildman–Crippen LogP) is 6.18. The van der Waals surface area contributed by atoms with E-state index in [0.29, 0.717) is 23.7 Å². The average molecular weight is 609 g/mol. The molecule has 0 radical (unpaired) electrons. The Kier molecular flexibility index (Phi) is 10.1. The number of rotatable bonds is 12. The summed E-state index contributed by atoms with van der Waals surface area (Å²) >= 11 is 6.56. The van der Waals surface area contributed by atoms with E-state index in [4.69, 9.17) is 11.6 Å². The van der Waals surface area contributed by atoms with E-state index in [1.807, 2.05) is 44.2 Å². The molecule has 0 aliphatic rings. The number of carboxylic acid groups (broad SMARTS) is 1. The van der Waals surface area contributed by atoms with E-state index in [1.165, 1.54) is 22.9 Å². The maximum absolute atomic E-state index is 13.4. The van der Waals surface area contributed by atoms with Gasteiger partial charge in [-0.25, -0.2) is 13.7 Å². The third-order valence-corrected chi connectivity index (χ3v) is 8.44. The van der Waals surface area contributed by atoms with Gasteiger partial charge in [-0.1, -0.05) is 68.6 Å². The van der Waals surface area contributed by atoms with Gasteiger partial charge < -0.3 is 10.0 Å². The number of nitrogens with one attached hydrogen (secondary N) is 1. The minimum Gasteiger partial charge on any atom is -0.478 e. The molecule has 4 aromatic rings. The van der Waals surface area contributed by atoms with E-state index < -0.39 is 22.9 Å². The molecular formula is C31H33ClN4O5S. The number of unbranched alkanes of at least 4 members (excludes halogenated alkanes) is 2. The fraction of sp³-hybridized carbons (Fsp3) is 0.290. The van der Waals surface area contributed by atoms with Gasteiger partial charge in [0, 0.05) is 18.7 Å². The standard InChI is InChI=1S/C31H33ClN4O5S/c1-4-6-16-35(17-7-5-2)30(38)28-27(32)20(3)36(33-28)26-15-13-23(19-25(26)31(39)40)29(37)34-42(41)24-14-12-21-10-8-9-11-22(21)18-24/h8-15,18-19H,4-7,16-17H2,1-3H3,(H,34,37)(H,39,40). The van der Waals surface area contributed by atoms with E-state index in [-0.39, 0.29) is 33.4 Å². The van der Waals surface area contributed by atoms with Gasteiger partial charge in [0.05, 0.1) is 26.9 Å². The minimum absolute atomic E-state index is 0.00259. The number of aromatic carboxylic acids is 1. The van der Waals surface area contributed by atoms with Crippen molar-refractivity contribution in [3.8, 4) is 5.69 Å². The van der Waals surface area contributed by atoms with E-state index >= 15 is 0 Å². The number of carbonyl (C=O) groups excluding carboxylic acids is 2. The van der Waals surface area contributed by atoms with Crippen molar-refractivity contribution >= 4 is 51.1 Å². The first-order chi connectivity index (χ1) is 20.2. The molecule has 0 aliphatic carbocycles. The van der Waals surface area contributed by atoms with Crippen LogP contribution in [-0.2, 0) is 11.0 Å². The highest BCUT2D eigenvalue weighted by molar-refractivity contribution is 7.83. The summed E-state index contributed by atoms with van der Waals surface area (Å²) in [5.74, 6) is -2.32. The van der Waals surface area contributed by atoms with Gasteiger partial charge in [0.25, 0.3) is 11.8 Å². The summed E-state index contributed by atoms with van der Waals surface area (Å²) in [6.07, 6.45) is 3.53. The van der Waals surface area contributed by atoms with Crippen molar-refractivity contribution in [2.45, 2.75) is 51.3 Å². The van der Waals surface area contributed by atoms with Crippen molar-refractivity contribution in [1.82, 2.24) is 19.4 Å². The molecule has 0 bridgehead atoms. The number of hydrogen-bond acceptors (Lipinski definition) is 5. The summed E-state index contributed by atoms with van der Waals surface area (Å²) in [6, 6.07) is 16.8. The molecule has 2 N–H and O–H groups in total. The van der Waals surface area contributed by atoms with Crippen LogP contribution in [0.25, 0.3) is 16.5 Å². The fourth-order valence-corrected chi connectivity index (χ4v) is 5.56. The predicted molar refractivity (Wildman–Crippen MR) is 164 cm³/mol. The van der Waals surface area contributed by atoms with Gasteiger partial charge in [-0.15, -0.1) is 0 Å². The maximum Gasteiger partial charge on any atom is 0.337 e. The molecule has 1 unspecified atom stereocenters. The Hall–Kier alpha value is -4.02. The molecule has 3 aromatic carbocycles. The highest BCUT2D eigenvalue weighted by Gasteiger charge is 2.26. The zero-order valence-corrected chi connectivity index (χ0v) is 25.3. The molecule has 4 rings (SSSR count). The number of hydrogen-bond donors (Lipinski definition) is 2. The van der Waals surface area contributed by atoms with Crippen LogP contribution in [0.5, 0.6) is 0 Å². The van der Waals surface area contributed by atoms with Crippen LogP contribution in [0.2, 0.25) is 5.02 Å². The molecule has 9 nitrogen and oxygen atoms in total. The number of benzene rings is 3. The second-order valence-electron chi connectivity index (χ2n) is 9.91. The molecule has 0 aliphatic heterocycles.